The Morgan fingerprint density at radius 3 is 1.00 bits per heavy atom. The second-order valence-corrected chi connectivity index (χ2v) is 0. The van der Waals surface area contributed by atoms with Gasteiger partial charge in [-0.1, -0.05) is 0 Å². The van der Waals surface area contributed by atoms with Crippen molar-refractivity contribution in [1.82, 2.24) is 0 Å². The molecule has 0 saturated carbocycles. The van der Waals surface area contributed by atoms with Crippen LogP contribution in [0, 0.1) is 0 Å². The van der Waals surface area contributed by atoms with Crippen LogP contribution in [0.5, 0.6) is 0 Å². The maximum absolute atomic E-state index is 0. The van der Waals surface area contributed by atoms with E-state index in [-0.39, 0.29) is 91.1 Å². The summed E-state index contributed by atoms with van der Waals surface area (Å²) >= 11 is 0. The predicted molar refractivity (Wildman–Crippen MR) is 5.75 cm³/mol. The van der Waals surface area contributed by atoms with Gasteiger partial charge in [0.2, 0.25) is 0 Å². The molecule has 0 N–H and O–H groups in total. The first kappa shape index (κ1) is 28.1. The van der Waals surface area contributed by atoms with Gasteiger partial charge in [-0.05, 0) is 0 Å². The molecule has 5 radical (unpaired) electrons. The molecule has 0 spiro atoms. The molecule has 19 valence electrons. The van der Waals surface area contributed by atoms with E-state index >= 15 is 0 Å². The maximum atomic E-state index is 0. The Kier molecular flexibility index (Phi) is 117. The average molecular weight is 449 g/mol. The van der Waals surface area contributed by atoms with Crippen molar-refractivity contribution >= 4 is 27.3 Å². The summed E-state index contributed by atoms with van der Waals surface area (Å²) in [6.45, 7) is 0. The summed E-state index contributed by atoms with van der Waals surface area (Å²) < 4.78 is 0. The third-order valence-electron chi connectivity index (χ3n) is 0. The summed E-state index contributed by atoms with van der Waals surface area (Å²) in [5.41, 5.74) is 0. The molecule has 0 unspecified atom stereocenters. The van der Waals surface area contributed by atoms with Crippen LogP contribution in [0.4, 0.5) is 0 Å². The van der Waals surface area contributed by atoms with Gasteiger partial charge in [-0.15, -0.1) is 0 Å². The average Bonchev–Trinajstić information content (AvgIpc) is 0. The minimum Gasteiger partial charge on any atom is 0 e. The molecule has 0 amide bonds. The molecule has 0 nitrogen and oxygen atoms in total. The topological polar surface area (TPSA) is 0 Å². The summed E-state index contributed by atoms with van der Waals surface area (Å²) in [4.78, 5) is 0. The molecule has 0 aromatic carbocycles. The molecule has 0 bridgehead atoms. The van der Waals surface area contributed by atoms with Crippen molar-refractivity contribution in [3.63, 3.8) is 0 Å². The van der Waals surface area contributed by atoms with Crippen molar-refractivity contribution in [3.8, 4) is 0 Å². The van der Waals surface area contributed by atoms with Crippen LogP contribution in [-0.4, -0.2) is 27.3 Å². The fourth-order valence-electron chi connectivity index (χ4n) is 0. The first-order valence-corrected chi connectivity index (χ1v) is 0. The Morgan fingerprint density at radius 1 is 1.00 bits per heavy atom. The van der Waals surface area contributed by atoms with Crippen molar-refractivity contribution in [3.05, 3.63) is 0 Å². The van der Waals surface area contributed by atoms with Crippen LogP contribution in [0.15, 0.2) is 0 Å². The van der Waals surface area contributed by atoms with Gasteiger partial charge >= 0.3 is 0 Å². The Balaban J connectivity index is 0. The molecule has 0 aromatic heterocycles. The number of hydrogen-bond acceptors (Lipinski definition) is 0. The predicted octanol–water partition coefficient (Wildman–Crippen LogP) is -0.388. The van der Waals surface area contributed by atoms with Gasteiger partial charge in [0.25, 0.3) is 0 Å². The second kappa shape index (κ2) is 16.7. The van der Waals surface area contributed by atoms with Crippen LogP contribution in [0.25, 0.3) is 0 Å². The quantitative estimate of drug-likeness (QED) is 0.443. The van der Waals surface area contributed by atoms with Gasteiger partial charge in [0.15, 0.2) is 0 Å². The van der Waals surface area contributed by atoms with Gasteiger partial charge in [-0.3, -0.25) is 0 Å². The van der Waals surface area contributed by atoms with E-state index in [0.29, 0.717) is 0 Å². The first-order chi connectivity index (χ1) is 0. The van der Waals surface area contributed by atoms with Gasteiger partial charge in [0.05, 0.1) is 0 Å². The molecular weight excluding hydrogens is 449 g/mol. The van der Waals surface area contributed by atoms with Crippen LogP contribution in [0.2, 0.25) is 0 Å². The second-order valence-electron chi connectivity index (χ2n) is 0. The van der Waals surface area contributed by atoms with Gasteiger partial charge < -0.3 is 0 Å². The van der Waals surface area contributed by atoms with E-state index < -0.39 is 0 Å². The smallest absolute Gasteiger partial charge is 0 e. The van der Waals surface area contributed by atoms with E-state index in [0.717, 1.165) is 0 Å². The fourth-order valence-corrected chi connectivity index (χ4v) is 0. The number of rotatable bonds is 0. The Hall–Kier alpha value is 2.99. The Labute approximate surface area is 89.4 Å². The van der Waals surface area contributed by atoms with Gasteiger partial charge in [0.1, 0.15) is 0 Å². The Morgan fingerprint density at radius 2 is 1.00 bits per heavy atom. The third kappa shape index (κ3) is 8.89. The normalized spacial score (nSPS) is 0. The van der Waals surface area contributed by atoms with Crippen LogP contribution in [0.1, 0.15) is 0 Å². The zero-order valence-corrected chi connectivity index (χ0v) is 14.0. The first-order valence-electron chi connectivity index (χ1n) is 0. The van der Waals surface area contributed by atoms with Gasteiger partial charge in [-0.25, -0.2) is 0 Å². The van der Waals surface area contributed by atoms with Crippen molar-refractivity contribution in [2.45, 2.75) is 0 Å². The molecule has 0 aliphatic heterocycles. The third-order valence-corrected chi connectivity index (χ3v) is 0. The van der Waals surface area contributed by atoms with E-state index in [1.165, 1.54) is 0 Å². The molecule has 4 heavy (non-hydrogen) atoms. The van der Waals surface area contributed by atoms with Gasteiger partial charge in [0, 0.05) is 91.1 Å². The summed E-state index contributed by atoms with van der Waals surface area (Å²) in [6.07, 6.45) is 0. The molecule has 0 fully saturated rings. The van der Waals surface area contributed by atoms with Crippen LogP contribution in [-0.2, 0) is 63.8 Å². The monoisotopic (exact) mass is 449 g/mol. The largest absolute Gasteiger partial charge is 0 e. The summed E-state index contributed by atoms with van der Waals surface area (Å²) in [6, 6.07) is 0. The number of hydrogen-bond donors (Lipinski definition) is 0. The van der Waals surface area contributed by atoms with Crippen molar-refractivity contribution < 1.29 is 63.8 Å². The zero-order valence-electron chi connectivity index (χ0n) is 2.22. The Bertz CT molecular complexity index is 8.00. The zero-order chi connectivity index (χ0) is 0. The molecule has 0 aliphatic rings. The fraction of sp³-hybridized carbons (Fsp3) is 0. The van der Waals surface area contributed by atoms with E-state index in [1.807, 2.05) is 0 Å². The van der Waals surface area contributed by atoms with E-state index in [9.17, 15) is 0 Å². The molecule has 0 atom stereocenters. The molecule has 0 heterocycles. The molecular formula is CdCuPbZn. The summed E-state index contributed by atoms with van der Waals surface area (Å²) in [5, 5.41) is 0. The van der Waals surface area contributed by atoms with E-state index in [4.69, 9.17) is 0 Å². The summed E-state index contributed by atoms with van der Waals surface area (Å²) in [7, 11) is 0. The van der Waals surface area contributed by atoms with Gasteiger partial charge in [-0.2, -0.15) is 0 Å². The van der Waals surface area contributed by atoms with E-state index in [1.54, 1.807) is 0 Å². The van der Waals surface area contributed by atoms with Crippen molar-refractivity contribution in [2.24, 2.45) is 0 Å². The van der Waals surface area contributed by atoms with Crippen LogP contribution < -0.4 is 0 Å². The minimum atomic E-state index is 0. The molecule has 0 aromatic rings. The minimum absolute atomic E-state index is 0. The SMILES string of the molecule is [Cd].[Cu].[Pb].[Zn]. The maximum Gasteiger partial charge on any atom is 0 e. The van der Waals surface area contributed by atoms with Crippen LogP contribution in [0.3, 0.4) is 0 Å². The summed E-state index contributed by atoms with van der Waals surface area (Å²) in [5.74, 6) is 0. The van der Waals surface area contributed by atoms with E-state index in [2.05, 4.69) is 0 Å². The van der Waals surface area contributed by atoms with Crippen LogP contribution >= 0.6 is 0 Å². The molecule has 0 saturated heterocycles. The molecule has 0 rings (SSSR count). The van der Waals surface area contributed by atoms with Crippen molar-refractivity contribution in [1.29, 1.82) is 0 Å². The standard InChI is InChI=1S/Cd.Cu.Pb.Zn. The molecule has 0 aliphatic carbocycles. The molecule has 4 heteroatoms. The van der Waals surface area contributed by atoms with Crippen molar-refractivity contribution in [2.75, 3.05) is 0 Å².